The molecule has 0 fully saturated rings. The normalized spacial score (nSPS) is 13.8. The Kier molecular flexibility index (Phi) is 5.45. The lowest BCUT2D eigenvalue weighted by molar-refractivity contribution is 0.157. The zero-order valence-corrected chi connectivity index (χ0v) is 14.7. The van der Waals surface area contributed by atoms with Crippen molar-refractivity contribution in [2.24, 2.45) is 0 Å². The van der Waals surface area contributed by atoms with E-state index in [2.05, 4.69) is 29.4 Å². The third-order valence-electron chi connectivity index (χ3n) is 4.05. The van der Waals surface area contributed by atoms with Crippen molar-refractivity contribution in [3.63, 3.8) is 0 Å². The first-order valence-electron chi connectivity index (χ1n) is 8.05. The molecule has 0 spiro atoms. The van der Waals surface area contributed by atoms with E-state index >= 15 is 0 Å². The number of para-hydroxylation sites is 1. The molecule has 2 atom stereocenters. The summed E-state index contributed by atoms with van der Waals surface area (Å²) in [4.78, 5) is 5.57. The Hall–Kier alpha value is -1.95. The van der Waals surface area contributed by atoms with Crippen LogP contribution in [0.4, 0.5) is 0 Å². The molecule has 0 saturated carbocycles. The third-order valence-corrected chi connectivity index (χ3v) is 5.02. The van der Waals surface area contributed by atoms with E-state index in [0.717, 1.165) is 21.3 Å². The maximum atomic E-state index is 10.3. The number of aliphatic hydroxyl groups is 1. The molecule has 0 aliphatic carbocycles. The first-order valence-corrected chi connectivity index (χ1v) is 8.93. The first kappa shape index (κ1) is 16.9. The number of benzene rings is 1. The second-order valence-corrected chi connectivity index (χ2v) is 6.88. The quantitative estimate of drug-likeness (QED) is 0.683. The molecule has 3 aromatic rings. The molecule has 126 valence electrons. The van der Waals surface area contributed by atoms with Crippen LogP contribution in [0, 0.1) is 0 Å². The van der Waals surface area contributed by atoms with Crippen molar-refractivity contribution in [1.82, 2.24) is 10.3 Å². The zero-order chi connectivity index (χ0) is 16.9. The van der Waals surface area contributed by atoms with E-state index in [1.165, 1.54) is 0 Å². The second-order valence-electron chi connectivity index (χ2n) is 5.90. The van der Waals surface area contributed by atoms with Crippen LogP contribution in [0.25, 0.3) is 10.9 Å². The minimum Gasteiger partial charge on any atom is -0.481 e. The average Bonchev–Trinajstić information content (AvgIpc) is 3.13. The van der Waals surface area contributed by atoms with Gasteiger partial charge in [0.1, 0.15) is 0 Å². The number of hydrogen-bond donors (Lipinski definition) is 2. The Morgan fingerprint density at radius 1 is 1.25 bits per heavy atom. The molecule has 4 nitrogen and oxygen atoms in total. The lowest BCUT2D eigenvalue weighted by Gasteiger charge is -2.18. The summed E-state index contributed by atoms with van der Waals surface area (Å²) in [6.45, 7) is 2.73. The van der Waals surface area contributed by atoms with Crippen LogP contribution in [0.3, 0.4) is 0 Å². The smallest absolute Gasteiger partial charge is 0.218 e. The van der Waals surface area contributed by atoms with Crippen molar-refractivity contribution >= 4 is 22.2 Å². The van der Waals surface area contributed by atoms with Gasteiger partial charge in [0.05, 0.1) is 18.7 Å². The largest absolute Gasteiger partial charge is 0.481 e. The molecule has 0 aliphatic heterocycles. The SMILES string of the molecule is COc1nc2ccccc2cc1CNC(C)CC(O)c1cccs1. The van der Waals surface area contributed by atoms with Crippen molar-refractivity contribution in [3.8, 4) is 5.88 Å². The molecular formula is C19H22N2O2S. The molecule has 3 rings (SSSR count). The molecule has 0 radical (unpaired) electrons. The number of ether oxygens (including phenoxy) is 1. The highest BCUT2D eigenvalue weighted by atomic mass is 32.1. The number of aliphatic hydroxyl groups excluding tert-OH is 1. The maximum absolute atomic E-state index is 10.3. The molecule has 24 heavy (non-hydrogen) atoms. The van der Waals surface area contributed by atoms with Crippen LogP contribution in [0.5, 0.6) is 5.88 Å². The summed E-state index contributed by atoms with van der Waals surface area (Å²) in [5.74, 6) is 0.646. The summed E-state index contributed by atoms with van der Waals surface area (Å²) in [7, 11) is 1.64. The maximum Gasteiger partial charge on any atom is 0.218 e. The molecule has 1 aromatic carbocycles. The van der Waals surface area contributed by atoms with E-state index < -0.39 is 6.10 Å². The number of rotatable bonds is 7. The fourth-order valence-corrected chi connectivity index (χ4v) is 3.47. The van der Waals surface area contributed by atoms with Gasteiger partial charge in [0, 0.05) is 28.4 Å². The summed E-state index contributed by atoms with van der Waals surface area (Å²) in [6.07, 6.45) is 0.244. The Morgan fingerprint density at radius 2 is 2.08 bits per heavy atom. The van der Waals surface area contributed by atoms with E-state index in [9.17, 15) is 5.11 Å². The molecule has 2 N–H and O–H groups in total. The van der Waals surface area contributed by atoms with Crippen molar-refractivity contribution in [2.45, 2.75) is 32.0 Å². The van der Waals surface area contributed by atoms with Gasteiger partial charge in [-0.05, 0) is 36.9 Å². The summed E-state index contributed by atoms with van der Waals surface area (Å²) < 4.78 is 5.43. The highest BCUT2D eigenvalue weighted by molar-refractivity contribution is 7.10. The predicted octanol–water partition coefficient (Wildman–Crippen LogP) is 3.91. The number of nitrogens with one attached hydrogen (secondary N) is 1. The van der Waals surface area contributed by atoms with Crippen molar-refractivity contribution in [2.75, 3.05) is 7.11 Å². The number of fused-ring (bicyclic) bond motifs is 1. The van der Waals surface area contributed by atoms with Crippen LogP contribution < -0.4 is 10.1 Å². The monoisotopic (exact) mass is 342 g/mol. The summed E-state index contributed by atoms with van der Waals surface area (Å²) in [5, 5.41) is 16.8. The Morgan fingerprint density at radius 3 is 2.83 bits per heavy atom. The number of thiophene rings is 1. The molecule has 0 bridgehead atoms. The minimum absolute atomic E-state index is 0.179. The molecule has 2 unspecified atom stereocenters. The van der Waals surface area contributed by atoms with Gasteiger partial charge in [0.2, 0.25) is 5.88 Å². The van der Waals surface area contributed by atoms with Crippen molar-refractivity contribution < 1.29 is 9.84 Å². The number of methoxy groups -OCH3 is 1. The Labute approximate surface area is 146 Å². The van der Waals surface area contributed by atoms with Crippen LogP contribution >= 0.6 is 11.3 Å². The predicted molar refractivity (Wildman–Crippen MR) is 98.5 cm³/mol. The number of aromatic nitrogens is 1. The molecule has 0 amide bonds. The fourth-order valence-electron chi connectivity index (χ4n) is 2.74. The van der Waals surface area contributed by atoms with Crippen molar-refractivity contribution in [3.05, 3.63) is 58.3 Å². The lowest BCUT2D eigenvalue weighted by Crippen LogP contribution is -2.27. The third kappa shape index (κ3) is 3.93. The molecule has 5 heteroatoms. The molecule has 2 heterocycles. The van der Waals surface area contributed by atoms with E-state index in [0.29, 0.717) is 18.8 Å². The lowest BCUT2D eigenvalue weighted by atomic mass is 10.1. The summed E-state index contributed by atoms with van der Waals surface area (Å²) in [5.41, 5.74) is 1.95. The topological polar surface area (TPSA) is 54.4 Å². The first-order chi connectivity index (χ1) is 11.7. The van der Waals surface area contributed by atoms with Gasteiger partial charge in [0.15, 0.2) is 0 Å². The average molecular weight is 342 g/mol. The Balaban J connectivity index is 1.66. The molecule has 0 aliphatic rings. The number of pyridine rings is 1. The molecular weight excluding hydrogens is 320 g/mol. The van der Waals surface area contributed by atoms with Crippen LogP contribution in [-0.2, 0) is 6.54 Å². The minimum atomic E-state index is -0.427. The molecule has 2 aromatic heterocycles. The van der Waals surface area contributed by atoms with Gasteiger partial charge < -0.3 is 15.2 Å². The van der Waals surface area contributed by atoms with Gasteiger partial charge in [-0.2, -0.15) is 0 Å². The van der Waals surface area contributed by atoms with Gasteiger partial charge in [0.25, 0.3) is 0 Å². The van der Waals surface area contributed by atoms with Crippen LogP contribution in [0.1, 0.15) is 29.9 Å². The highest BCUT2D eigenvalue weighted by Gasteiger charge is 2.14. The Bertz CT molecular complexity index is 789. The van der Waals surface area contributed by atoms with Crippen LogP contribution in [-0.4, -0.2) is 23.2 Å². The molecule has 0 saturated heterocycles. The van der Waals surface area contributed by atoms with E-state index in [1.54, 1.807) is 18.4 Å². The van der Waals surface area contributed by atoms with Gasteiger partial charge in [-0.15, -0.1) is 11.3 Å². The van der Waals surface area contributed by atoms with Gasteiger partial charge >= 0.3 is 0 Å². The van der Waals surface area contributed by atoms with E-state index in [4.69, 9.17) is 4.74 Å². The standard InChI is InChI=1S/C19H22N2O2S/c1-13(10-17(22)18-8-5-9-24-18)20-12-15-11-14-6-3-4-7-16(14)21-19(15)23-2/h3-9,11,13,17,20,22H,10,12H2,1-2H3. The van der Waals surface area contributed by atoms with Crippen LogP contribution in [0.2, 0.25) is 0 Å². The number of nitrogens with zero attached hydrogens (tertiary/aromatic N) is 1. The van der Waals surface area contributed by atoms with Gasteiger partial charge in [-0.25, -0.2) is 4.98 Å². The van der Waals surface area contributed by atoms with Crippen molar-refractivity contribution in [1.29, 1.82) is 0 Å². The van der Waals surface area contributed by atoms with E-state index in [1.807, 2.05) is 35.7 Å². The fraction of sp³-hybridized carbons (Fsp3) is 0.316. The van der Waals surface area contributed by atoms with Gasteiger partial charge in [-0.3, -0.25) is 0 Å². The van der Waals surface area contributed by atoms with Gasteiger partial charge in [-0.1, -0.05) is 24.3 Å². The van der Waals surface area contributed by atoms with Crippen LogP contribution in [0.15, 0.2) is 47.8 Å². The second kappa shape index (κ2) is 7.75. The van der Waals surface area contributed by atoms with E-state index in [-0.39, 0.29) is 6.04 Å². The summed E-state index contributed by atoms with van der Waals surface area (Å²) in [6, 6.07) is 14.2. The summed E-state index contributed by atoms with van der Waals surface area (Å²) >= 11 is 1.59. The highest BCUT2D eigenvalue weighted by Crippen LogP contribution is 2.24. The number of hydrogen-bond acceptors (Lipinski definition) is 5. The zero-order valence-electron chi connectivity index (χ0n) is 13.9.